The molecule has 6 nitrogen and oxygen atoms in total. The molecule has 0 saturated carbocycles. The fourth-order valence-electron chi connectivity index (χ4n) is 3.40. The van der Waals surface area contributed by atoms with Gasteiger partial charge in [-0.2, -0.15) is 0 Å². The number of thioether (sulfide) groups is 1. The number of anilines is 1. The Balaban J connectivity index is 1.67. The summed E-state index contributed by atoms with van der Waals surface area (Å²) in [6, 6.07) is 21.7. The maximum atomic E-state index is 13.4. The smallest absolute Gasteiger partial charge is 0.267 e. The average Bonchev–Trinajstić information content (AvgIpc) is 3.08. The Hall–Kier alpha value is -3.36. The van der Waals surface area contributed by atoms with Crippen LogP contribution in [0.4, 0.5) is 11.4 Å². The Labute approximate surface area is 210 Å². The minimum absolute atomic E-state index is 0.0939. The highest BCUT2D eigenvalue weighted by atomic mass is 79.9. The molecular weight excluding hydrogens is 514 g/mol. The molecule has 0 bridgehead atoms. The van der Waals surface area contributed by atoms with E-state index in [1.54, 1.807) is 17.0 Å². The summed E-state index contributed by atoms with van der Waals surface area (Å²) < 4.78 is 0.935. The number of hydrogen-bond acceptors (Lipinski definition) is 6. The number of aromatic carboxylic acids is 1. The Morgan fingerprint density at radius 3 is 2.41 bits per heavy atom. The van der Waals surface area contributed by atoms with Crippen LogP contribution in [0.3, 0.4) is 0 Å². The van der Waals surface area contributed by atoms with Gasteiger partial charge < -0.3 is 14.8 Å². The van der Waals surface area contributed by atoms with Crippen molar-refractivity contribution in [3.05, 3.63) is 98.9 Å². The number of carboxylic acid groups (broad SMARTS) is 1. The maximum Gasteiger partial charge on any atom is 0.267 e. The highest BCUT2D eigenvalue weighted by Gasteiger charge is 2.33. The van der Waals surface area contributed by atoms with Gasteiger partial charge in [0.2, 0.25) is 0 Å². The number of benzene rings is 3. The number of carbonyl (C=O) groups excluding carboxylic acids is 2. The molecule has 1 saturated heterocycles. The monoisotopic (exact) mass is 534 g/mol. The van der Waals surface area contributed by atoms with E-state index in [0.717, 1.165) is 27.0 Å². The van der Waals surface area contributed by atoms with Gasteiger partial charge in [-0.25, -0.2) is 4.99 Å². The number of para-hydroxylation sites is 1. The number of carboxylic acids is 1. The summed E-state index contributed by atoms with van der Waals surface area (Å²) >= 11 is 4.92. The molecule has 0 radical (unpaired) electrons. The molecule has 4 rings (SSSR count). The van der Waals surface area contributed by atoms with Crippen molar-refractivity contribution in [2.24, 2.45) is 4.99 Å². The van der Waals surface area contributed by atoms with Crippen LogP contribution in [0.25, 0.3) is 6.08 Å². The van der Waals surface area contributed by atoms with Crippen molar-refractivity contribution in [3.8, 4) is 0 Å². The summed E-state index contributed by atoms with van der Waals surface area (Å²) in [7, 11) is 3.94. The van der Waals surface area contributed by atoms with Gasteiger partial charge in [0.1, 0.15) is 0 Å². The van der Waals surface area contributed by atoms with Crippen molar-refractivity contribution in [1.82, 2.24) is 4.90 Å². The van der Waals surface area contributed by atoms with Gasteiger partial charge in [0, 0.05) is 18.6 Å². The number of hydrogen-bond donors (Lipinski definition) is 0. The zero-order valence-corrected chi connectivity index (χ0v) is 21.0. The lowest BCUT2D eigenvalue weighted by Crippen LogP contribution is -2.28. The number of halogens is 1. The minimum Gasteiger partial charge on any atom is -0.545 e. The van der Waals surface area contributed by atoms with E-state index in [4.69, 9.17) is 4.99 Å². The number of nitrogens with zero attached hydrogens (tertiary/aromatic N) is 3. The Bertz CT molecular complexity index is 1290. The first kappa shape index (κ1) is 23.8. The second kappa shape index (κ2) is 10.3. The van der Waals surface area contributed by atoms with Crippen molar-refractivity contribution < 1.29 is 14.7 Å². The topological polar surface area (TPSA) is 76.0 Å². The van der Waals surface area contributed by atoms with E-state index >= 15 is 0 Å². The van der Waals surface area contributed by atoms with Crippen LogP contribution in [0.15, 0.2) is 87.2 Å². The quantitative estimate of drug-likeness (QED) is 0.429. The number of amidine groups is 1. The van der Waals surface area contributed by atoms with Crippen molar-refractivity contribution in [1.29, 1.82) is 0 Å². The van der Waals surface area contributed by atoms with Crippen LogP contribution in [0.5, 0.6) is 0 Å². The normalized spacial score (nSPS) is 15.9. The second-order valence-corrected chi connectivity index (χ2v) is 9.68. The predicted molar refractivity (Wildman–Crippen MR) is 139 cm³/mol. The van der Waals surface area contributed by atoms with Crippen LogP contribution in [0, 0.1) is 0 Å². The number of aliphatic imine (C=N–C) groups is 1. The van der Waals surface area contributed by atoms with Gasteiger partial charge in [-0.3, -0.25) is 9.69 Å². The molecule has 3 aromatic rings. The first-order valence-corrected chi connectivity index (χ1v) is 12.0. The van der Waals surface area contributed by atoms with Crippen LogP contribution in [-0.4, -0.2) is 36.0 Å². The Morgan fingerprint density at radius 2 is 1.79 bits per heavy atom. The van der Waals surface area contributed by atoms with E-state index in [2.05, 4.69) is 15.9 Å². The highest BCUT2D eigenvalue weighted by molar-refractivity contribution is 9.10. The van der Waals surface area contributed by atoms with Crippen LogP contribution >= 0.6 is 27.7 Å². The summed E-state index contributed by atoms with van der Waals surface area (Å²) in [5.41, 5.74) is 3.57. The molecule has 34 heavy (non-hydrogen) atoms. The number of amides is 1. The van der Waals surface area contributed by atoms with E-state index in [0.29, 0.717) is 10.1 Å². The summed E-state index contributed by atoms with van der Waals surface area (Å²) in [4.78, 5) is 33.3. The fraction of sp³-hybridized carbons (Fsp3) is 0.115. The van der Waals surface area contributed by atoms with Gasteiger partial charge in [0.15, 0.2) is 5.17 Å². The van der Waals surface area contributed by atoms with Crippen LogP contribution in [-0.2, 0) is 11.3 Å². The van der Waals surface area contributed by atoms with Gasteiger partial charge in [0.05, 0.1) is 28.8 Å². The molecule has 0 unspecified atom stereocenters. The zero-order valence-electron chi connectivity index (χ0n) is 18.6. The van der Waals surface area contributed by atoms with E-state index in [-0.39, 0.29) is 18.0 Å². The molecule has 1 heterocycles. The SMILES string of the molecule is CN(C)c1ccc(/C=C2/SC(=Nc3ccccc3)N(Cc3ccc(C(=O)[O-])cc3)C2=O)cc1Br. The Morgan fingerprint density at radius 1 is 1.09 bits per heavy atom. The molecule has 0 spiro atoms. The lowest BCUT2D eigenvalue weighted by molar-refractivity contribution is -0.255. The van der Waals surface area contributed by atoms with Crippen molar-refractivity contribution >= 4 is 62.2 Å². The second-order valence-electron chi connectivity index (χ2n) is 7.82. The van der Waals surface area contributed by atoms with E-state index < -0.39 is 5.97 Å². The van der Waals surface area contributed by atoms with Crippen LogP contribution in [0.1, 0.15) is 21.5 Å². The third-order valence-corrected chi connectivity index (χ3v) is 6.79. The first-order chi connectivity index (χ1) is 16.3. The summed E-state index contributed by atoms with van der Waals surface area (Å²) in [5.74, 6) is -1.39. The van der Waals surface area contributed by atoms with E-state index in [1.165, 1.54) is 23.9 Å². The summed E-state index contributed by atoms with van der Waals surface area (Å²) in [6.07, 6.45) is 1.86. The summed E-state index contributed by atoms with van der Waals surface area (Å²) in [6.45, 7) is 0.269. The van der Waals surface area contributed by atoms with Gasteiger partial charge in [-0.05, 0) is 74.7 Å². The van der Waals surface area contributed by atoms with Gasteiger partial charge in [-0.1, -0.05) is 48.5 Å². The minimum atomic E-state index is -1.23. The molecule has 0 atom stereocenters. The van der Waals surface area contributed by atoms with Crippen molar-refractivity contribution in [3.63, 3.8) is 0 Å². The summed E-state index contributed by atoms with van der Waals surface area (Å²) in [5, 5.41) is 11.6. The number of carbonyl (C=O) groups is 2. The largest absolute Gasteiger partial charge is 0.545 e. The third-order valence-electron chi connectivity index (χ3n) is 5.15. The number of rotatable bonds is 6. The van der Waals surface area contributed by atoms with Gasteiger partial charge in [0.25, 0.3) is 5.91 Å². The van der Waals surface area contributed by atoms with Crippen molar-refractivity contribution in [2.75, 3.05) is 19.0 Å². The molecule has 8 heteroatoms. The van der Waals surface area contributed by atoms with Crippen LogP contribution < -0.4 is 10.0 Å². The fourth-order valence-corrected chi connectivity index (χ4v) is 5.15. The van der Waals surface area contributed by atoms with Crippen LogP contribution in [0.2, 0.25) is 0 Å². The first-order valence-electron chi connectivity index (χ1n) is 10.4. The van der Waals surface area contributed by atoms with E-state index in [9.17, 15) is 14.7 Å². The lowest BCUT2D eigenvalue weighted by Gasteiger charge is -2.16. The third kappa shape index (κ3) is 5.40. The molecule has 1 aliphatic heterocycles. The predicted octanol–water partition coefficient (Wildman–Crippen LogP) is 4.68. The molecular formula is C26H21BrN3O3S-. The molecule has 1 aliphatic rings. The molecule has 0 N–H and O–H groups in total. The molecule has 1 amide bonds. The average molecular weight is 535 g/mol. The maximum absolute atomic E-state index is 13.4. The van der Waals surface area contributed by atoms with Gasteiger partial charge >= 0.3 is 0 Å². The Kier molecular flexibility index (Phi) is 7.19. The molecule has 3 aromatic carbocycles. The molecule has 172 valence electrons. The molecule has 1 fully saturated rings. The van der Waals surface area contributed by atoms with Crippen molar-refractivity contribution in [2.45, 2.75) is 6.54 Å². The zero-order chi connectivity index (χ0) is 24.2. The lowest BCUT2D eigenvalue weighted by atomic mass is 10.1. The van der Waals surface area contributed by atoms with Gasteiger partial charge in [-0.15, -0.1) is 0 Å². The molecule has 0 aromatic heterocycles. The standard InChI is InChI=1S/C26H22BrN3O3S/c1-29(2)22-13-10-18(14-21(22)27)15-23-24(31)30(16-17-8-11-19(12-9-17)25(32)33)26(34-23)28-20-6-4-3-5-7-20/h3-15H,16H2,1-2H3,(H,32,33)/p-1/b23-15+,28-26?. The highest BCUT2D eigenvalue weighted by Crippen LogP contribution is 2.36. The van der Waals surface area contributed by atoms with E-state index in [1.807, 2.05) is 73.6 Å². The molecule has 0 aliphatic carbocycles.